The van der Waals surface area contributed by atoms with Gasteiger partial charge in [-0.15, -0.1) is 0 Å². The van der Waals surface area contributed by atoms with Gasteiger partial charge in [-0.05, 0) is 31.2 Å². The lowest BCUT2D eigenvalue weighted by Gasteiger charge is -2.23. The molecule has 0 fully saturated rings. The van der Waals surface area contributed by atoms with Crippen molar-refractivity contribution in [3.63, 3.8) is 0 Å². The molecule has 0 spiro atoms. The SMILES string of the molecule is CCOc1ccccc1NC(=O)CCN(C(C)=O)c1cc(OC)ccc1OC. The number of nitrogens with one attached hydrogen (secondary N) is 1. The summed E-state index contributed by atoms with van der Waals surface area (Å²) in [4.78, 5) is 26.1. The summed E-state index contributed by atoms with van der Waals surface area (Å²) in [5, 5.41) is 2.83. The highest BCUT2D eigenvalue weighted by Crippen LogP contribution is 2.32. The van der Waals surface area contributed by atoms with E-state index >= 15 is 0 Å². The molecule has 7 heteroatoms. The summed E-state index contributed by atoms with van der Waals surface area (Å²) in [5.74, 6) is 1.31. The van der Waals surface area contributed by atoms with Crippen LogP contribution in [0, 0.1) is 0 Å². The molecule has 1 N–H and O–H groups in total. The molecule has 0 aliphatic heterocycles. The molecule has 150 valence electrons. The molecule has 0 aliphatic rings. The summed E-state index contributed by atoms with van der Waals surface area (Å²) in [6, 6.07) is 12.4. The van der Waals surface area contributed by atoms with E-state index in [9.17, 15) is 9.59 Å². The molecule has 0 bridgehead atoms. The molecule has 0 saturated carbocycles. The Balaban J connectivity index is 2.12. The van der Waals surface area contributed by atoms with E-state index in [1.165, 1.54) is 18.9 Å². The maximum atomic E-state index is 12.4. The topological polar surface area (TPSA) is 77.1 Å². The normalized spacial score (nSPS) is 10.1. The summed E-state index contributed by atoms with van der Waals surface area (Å²) >= 11 is 0. The highest BCUT2D eigenvalue weighted by Gasteiger charge is 2.19. The summed E-state index contributed by atoms with van der Waals surface area (Å²) in [5.41, 5.74) is 1.15. The number of methoxy groups -OCH3 is 2. The average Bonchev–Trinajstić information content (AvgIpc) is 2.69. The van der Waals surface area contributed by atoms with Gasteiger partial charge in [-0.2, -0.15) is 0 Å². The van der Waals surface area contributed by atoms with Crippen molar-refractivity contribution in [2.24, 2.45) is 0 Å². The summed E-state index contributed by atoms with van der Waals surface area (Å²) in [6.07, 6.45) is 0.112. The third-order valence-electron chi connectivity index (χ3n) is 4.08. The first-order chi connectivity index (χ1) is 13.5. The van der Waals surface area contributed by atoms with E-state index in [1.54, 1.807) is 37.4 Å². The van der Waals surface area contributed by atoms with Crippen LogP contribution in [0.15, 0.2) is 42.5 Å². The Morgan fingerprint density at radius 2 is 1.79 bits per heavy atom. The van der Waals surface area contributed by atoms with Crippen LogP contribution in [-0.4, -0.2) is 39.2 Å². The molecule has 0 unspecified atom stereocenters. The van der Waals surface area contributed by atoms with Crippen molar-refractivity contribution in [3.05, 3.63) is 42.5 Å². The second kappa shape index (κ2) is 10.2. The molecule has 0 aliphatic carbocycles. The van der Waals surface area contributed by atoms with Crippen LogP contribution in [0.3, 0.4) is 0 Å². The average molecular weight is 386 g/mol. The second-order valence-corrected chi connectivity index (χ2v) is 5.94. The minimum atomic E-state index is -0.222. The molecule has 0 atom stereocenters. The molecule has 2 rings (SSSR count). The lowest BCUT2D eigenvalue weighted by atomic mass is 10.2. The zero-order valence-corrected chi connectivity index (χ0v) is 16.7. The van der Waals surface area contributed by atoms with Crippen LogP contribution in [0.25, 0.3) is 0 Å². The number of nitrogens with zero attached hydrogens (tertiary/aromatic N) is 1. The number of ether oxygens (including phenoxy) is 3. The Labute approximate surface area is 165 Å². The van der Waals surface area contributed by atoms with E-state index in [2.05, 4.69) is 5.32 Å². The largest absolute Gasteiger partial charge is 0.497 e. The fourth-order valence-electron chi connectivity index (χ4n) is 2.73. The Hall–Kier alpha value is -3.22. The first-order valence-corrected chi connectivity index (χ1v) is 9.02. The molecule has 28 heavy (non-hydrogen) atoms. The van der Waals surface area contributed by atoms with Gasteiger partial charge in [-0.25, -0.2) is 0 Å². The van der Waals surface area contributed by atoms with Gasteiger partial charge in [0.25, 0.3) is 0 Å². The molecule has 0 radical (unpaired) electrons. The molecular formula is C21H26N2O5. The first-order valence-electron chi connectivity index (χ1n) is 9.02. The summed E-state index contributed by atoms with van der Waals surface area (Å²) in [7, 11) is 3.08. The van der Waals surface area contributed by atoms with Gasteiger partial charge in [0.1, 0.15) is 17.2 Å². The van der Waals surface area contributed by atoms with Crippen molar-refractivity contribution in [1.82, 2.24) is 0 Å². The van der Waals surface area contributed by atoms with Crippen LogP contribution >= 0.6 is 0 Å². The molecule has 2 aromatic carbocycles. The quantitative estimate of drug-likeness (QED) is 0.714. The monoisotopic (exact) mass is 386 g/mol. The minimum absolute atomic E-state index is 0.112. The predicted octanol–water partition coefficient (Wildman–Crippen LogP) is 3.48. The van der Waals surface area contributed by atoms with E-state index in [0.717, 1.165) is 0 Å². The van der Waals surface area contributed by atoms with Gasteiger partial charge >= 0.3 is 0 Å². The Kier molecular flexibility index (Phi) is 7.68. The van der Waals surface area contributed by atoms with Gasteiger partial charge in [0.05, 0.1) is 32.2 Å². The van der Waals surface area contributed by atoms with Crippen LogP contribution in [0.4, 0.5) is 11.4 Å². The fourth-order valence-corrected chi connectivity index (χ4v) is 2.73. The van der Waals surface area contributed by atoms with Gasteiger partial charge in [0.15, 0.2) is 0 Å². The van der Waals surface area contributed by atoms with Crippen molar-refractivity contribution in [2.45, 2.75) is 20.3 Å². The number of hydrogen-bond acceptors (Lipinski definition) is 5. The van der Waals surface area contributed by atoms with Crippen LogP contribution in [0.5, 0.6) is 17.2 Å². The number of amides is 2. The molecular weight excluding hydrogens is 360 g/mol. The zero-order valence-electron chi connectivity index (χ0n) is 16.7. The molecule has 2 amide bonds. The molecule has 7 nitrogen and oxygen atoms in total. The lowest BCUT2D eigenvalue weighted by molar-refractivity contribution is -0.117. The van der Waals surface area contributed by atoms with E-state index in [0.29, 0.717) is 35.2 Å². The smallest absolute Gasteiger partial charge is 0.226 e. The lowest BCUT2D eigenvalue weighted by Crippen LogP contribution is -2.32. The fraction of sp³-hybridized carbons (Fsp3) is 0.333. The highest BCUT2D eigenvalue weighted by atomic mass is 16.5. The van der Waals surface area contributed by atoms with Crippen LogP contribution in [0.1, 0.15) is 20.3 Å². The second-order valence-electron chi connectivity index (χ2n) is 5.94. The van der Waals surface area contributed by atoms with Crippen LogP contribution in [-0.2, 0) is 9.59 Å². The van der Waals surface area contributed by atoms with Crippen molar-refractivity contribution in [3.8, 4) is 17.2 Å². The Morgan fingerprint density at radius 3 is 2.43 bits per heavy atom. The van der Waals surface area contributed by atoms with E-state index in [4.69, 9.17) is 14.2 Å². The maximum Gasteiger partial charge on any atom is 0.226 e. The predicted molar refractivity (Wildman–Crippen MR) is 108 cm³/mol. The number of anilines is 2. The Bertz CT molecular complexity index is 822. The number of carbonyl (C=O) groups is 2. The summed E-state index contributed by atoms with van der Waals surface area (Å²) < 4.78 is 16.1. The number of hydrogen-bond donors (Lipinski definition) is 1. The van der Waals surface area contributed by atoms with Gasteiger partial charge in [-0.1, -0.05) is 12.1 Å². The van der Waals surface area contributed by atoms with Crippen LogP contribution < -0.4 is 24.4 Å². The third-order valence-corrected chi connectivity index (χ3v) is 4.08. The van der Waals surface area contributed by atoms with E-state index < -0.39 is 0 Å². The van der Waals surface area contributed by atoms with Crippen LogP contribution in [0.2, 0.25) is 0 Å². The number of rotatable bonds is 9. The molecule has 0 saturated heterocycles. The van der Waals surface area contributed by atoms with Gasteiger partial charge in [0, 0.05) is 26.0 Å². The maximum absolute atomic E-state index is 12.4. The van der Waals surface area contributed by atoms with Gasteiger partial charge in [0.2, 0.25) is 11.8 Å². The standard InChI is InChI=1S/C21H26N2O5/c1-5-28-19-9-7-6-8-17(19)22-21(25)12-13-23(15(2)24)18-14-16(26-3)10-11-20(18)27-4/h6-11,14H,5,12-13H2,1-4H3,(H,22,25). The first kappa shape index (κ1) is 21.1. The van der Waals surface area contributed by atoms with Gasteiger partial charge in [-0.3, -0.25) is 9.59 Å². The Morgan fingerprint density at radius 1 is 1.04 bits per heavy atom. The van der Waals surface area contributed by atoms with E-state index in [1.807, 2.05) is 19.1 Å². The van der Waals surface area contributed by atoms with E-state index in [-0.39, 0.29) is 24.8 Å². The summed E-state index contributed by atoms with van der Waals surface area (Å²) in [6.45, 7) is 4.02. The number of benzene rings is 2. The molecule has 2 aromatic rings. The van der Waals surface area contributed by atoms with Gasteiger partial charge < -0.3 is 24.4 Å². The van der Waals surface area contributed by atoms with Crippen molar-refractivity contribution in [1.29, 1.82) is 0 Å². The molecule has 0 heterocycles. The molecule has 0 aromatic heterocycles. The highest BCUT2D eigenvalue weighted by molar-refractivity contribution is 5.96. The number of carbonyl (C=O) groups excluding carboxylic acids is 2. The number of para-hydroxylation sites is 2. The van der Waals surface area contributed by atoms with Crippen molar-refractivity contribution in [2.75, 3.05) is 37.6 Å². The van der Waals surface area contributed by atoms with Crippen molar-refractivity contribution < 1.29 is 23.8 Å². The zero-order chi connectivity index (χ0) is 20.5. The third kappa shape index (κ3) is 5.39. The minimum Gasteiger partial charge on any atom is -0.497 e. The van der Waals surface area contributed by atoms with Crippen molar-refractivity contribution >= 4 is 23.2 Å².